The molecule has 1 rings (SSSR count). The molecule has 0 radical (unpaired) electrons. The summed E-state index contributed by atoms with van der Waals surface area (Å²) in [5.74, 6) is 0.342. The maximum atomic E-state index is 11.4. The van der Waals surface area contributed by atoms with E-state index in [1.165, 1.54) is 0 Å². The van der Waals surface area contributed by atoms with Crippen LogP contribution in [0.25, 0.3) is 0 Å². The molecule has 0 heterocycles. The Hall–Kier alpha value is -0.413. The molecule has 92 valence electrons. The van der Waals surface area contributed by atoms with Crippen molar-refractivity contribution in [3.8, 4) is 0 Å². The number of rotatable bonds is 2. The third-order valence-electron chi connectivity index (χ3n) is 3.80. The fraction of sp³-hybridized carbons (Fsp3) is 0.769. The topological polar surface area (TPSA) is 26.3 Å². The molecule has 1 aliphatic carbocycles. The number of allylic oxidation sites excluding steroid dienone is 1. The van der Waals surface area contributed by atoms with E-state index < -0.39 is 8.32 Å². The van der Waals surface area contributed by atoms with E-state index in [2.05, 4.69) is 33.9 Å². The lowest BCUT2D eigenvalue weighted by Crippen LogP contribution is -2.44. The van der Waals surface area contributed by atoms with E-state index in [1.807, 2.05) is 13.0 Å². The zero-order chi connectivity index (χ0) is 12.6. The fourth-order valence-electron chi connectivity index (χ4n) is 1.55. The van der Waals surface area contributed by atoms with E-state index in [-0.39, 0.29) is 22.8 Å². The molecule has 2 nitrogen and oxygen atoms in total. The van der Waals surface area contributed by atoms with Crippen molar-refractivity contribution in [2.75, 3.05) is 0 Å². The first-order valence-corrected chi connectivity index (χ1v) is 8.94. The predicted molar refractivity (Wildman–Crippen MR) is 70.0 cm³/mol. The van der Waals surface area contributed by atoms with Crippen LogP contribution in [0.2, 0.25) is 18.1 Å². The van der Waals surface area contributed by atoms with Crippen LogP contribution in [0.1, 0.15) is 34.1 Å². The number of ketones is 1. The SMILES string of the molecule is CC1C[C@H](O[Si](C)(C)C(C)(C)C)C=CC1=O. The summed E-state index contributed by atoms with van der Waals surface area (Å²) >= 11 is 0. The van der Waals surface area contributed by atoms with E-state index in [0.29, 0.717) is 0 Å². The molecule has 0 spiro atoms. The molecule has 0 saturated heterocycles. The highest BCUT2D eigenvalue weighted by molar-refractivity contribution is 6.74. The van der Waals surface area contributed by atoms with Crippen molar-refractivity contribution in [2.24, 2.45) is 5.92 Å². The van der Waals surface area contributed by atoms with Crippen molar-refractivity contribution in [3.63, 3.8) is 0 Å². The Labute approximate surface area is 100 Å². The van der Waals surface area contributed by atoms with Crippen molar-refractivity contribution in [1.29, 1.82) is 0 Å². The van der Waals surface area contributed by atoms with Gasteiger partial charge in [0, 0.05) is 5.92 Å². The maximum absolute atomic E-state index is 11.4. The van der Waals surface area contributed by atoms with Gasteiger partial charge in [0.2, 0.25) is 0 Å². The van der Waals surface area contributed by atoms with Gasteiger partial charge in [0.15, 0.2) is 14.1 Å². The van der Waals surface area contributed by atoms with Gasteiger partial charge in [0.1, 0.15) is 0 Å². The molecular weight excluding hydrogens is 216 g/mol. The van der Waals surface area contributed by atoms with Crippen LogP contribution in [0.5, 0.6) is 0 Å². The van der Waals surface area contributed by atoms with Gasteiger partial charge in [-0.25, -0.2) is 0 Å². The van der Waals surface area contributed by atoms with E-state index in [0.717, 1.165) is 6.42 Å². The smallest absolute Gasteiger partial charge is 0.192 e. The lowest BCUT2D eigenvalue weighted by atomic mass is 9.93. The largest absolute Gasteiger partial charge is 0.411 e. The molecule has 0 aromatic heterocycles. The summed E-state index contributed by atoms with van der Waals surface area (Å²) in [6.07, 6.45) is 4.59. The third kappa shape index (κ3) is 3.05. The molecule has 3 heteroatoms. The van der Waals surface area contributed by atoms with Crippen molar-refractivity contribution in [1.82, 2.24) is 0 Å². The van der Waals surface area contributed by atoms with Crippen LogP contribution in [-0.2, 0) is 9.22 Å². The molecule has 0 fully saturated rings. The second-order valence-electron chi connectivity index (χ2n) is 6.31. The van der Waals surface area contributed by atoms with Crippen LogP contribution in [-0.4, -0.2) is 20.2 Å². The maximum Gasteiger partial charge on any atom is 0.192 e. The summed E-state index contributed by atoms with van der Waals surface area (Å²) in [5.41, 5.74) is 0. The lowest BCUT2D eigenvalue weighted by molar-refractivity contribution is -0.119. The molecule has 0 aromatic rings. The summed E-state index contributed by atoms with van der Waals surface area (Å²) in [6, 6.07) is 0. The quantitative estimate of drug-likeness (QED) is 0.690. The van der Waals surface area contributed by atoms with Gasteiger partial charge in [-0.3, -0.25) is 4.79 Å². The molecule has 0 N–H and O–H groups in total. The first-order chi connectivity index (χ1) is 7.13. The molecule has 0 bridgehead atoms. The zero-order valence-corrected chi connectivity index (χ0v) is 12.3. The number of carbonyl (C=O) groups excluding carboxylic acids is 1. The summed E-state index contributed by atoms with van der Waals surface area (Å²) in [7, 11) is -1.71. The average Bonchev–Trinajstić information content (AvgIpc) is 2.09. The van der Waals surface area contributed by atoms with Gasteiger partial charge in [-0.1, -0.05) is 33.8 Å². The van der Waals surface area contributed by atoms with Crippen molar-refractivity contribution in [2.45, 2.75) is 58.4 Å². The van der Waals surface area contributed by atoms with E-state index in [9.17, 15) is 4.79 Å². The molecular formula is C13H24O2Si. The summed E-state index contributed by atoms with van der Waals surface area (Å²) in [4.78, 5) is 11.4. The second kappa shape index (κ2) is 4.45. The van der Waals surface area contributed by atoms with Gasteiger partial charge >= 0.3 is 0 Å². The Morgan fingerprint density at radius 1 is 1.38 bits per heavy atom. The number of hydrogen-bond donors (Lipinski definition) is 0. The third-order valence-corrected chi connectivity index (χ3v) is 8.30. The van der Waals surface area contributed by atoms with Crippen molar-refractivity contribution >= 4 is 14.1 Å². The van der Waals surface area contributed by atoms with Crippen molar-refractivity contribution in [3.05, 3.63) is 12.2 Å². The van der Waals surface area contributed by atoms with E-state index >= 15 is 0 Å². The lowest BCUT2D eigenvalue weighted by Gasteiger charge is -2.39. The van der Waals surface area contributed by atoms with Crippen molar-refractivity contribution < 1.29 is 9.22 Å². The minimum Gasteiger partial charge on any atom is -0.411 e. The van der Waals surface area contributed by atoms with E-state index in [1.54, 1.807) is 6.08 Å². The Morgan fingerprint density at radius 2 is 1.94 bits per heavy atom. The molecule has 2 atom stereocenters. The Balaban J connectivity index is 2.69. The first-order valence-electron chi connectivity index (χ1n) is 6.03. The Morgan fingerprint density at radius 3 is 2.38 bits per heavy atom. The van der Waals surface area contributed by atoms with Crippen LogP contribution in [0.4, 0.5) is 0 Å². The van der Waals surface area contributed by atoms with Crippen LogP contribution in [0.15, 0.2) is 12.2 Å². The minimum absolute atomic E-state index is 0.111. The van der Waals surface area contributed by atoms with Gasteiger partial charge < -0.3 is 4.43 Å². The van der Waals surface area contributed by atoms with Crippen LogP contribution >= 0.6 is 0 Å². The molecule has 1 unspecified atom stereocenters. The van der Waals surface area contributed by atoms with Gasteiger partial charge in [-0.2, -0.15) is 0 Å². The highest BCUT2D eigenvalue weighted by Crippen LogP contribution is 2.38. The monoisotopic (exact) mass is 240 g/mol. The highest BCUT2D eigenvalue weighted by Gasteiger charge is 2.39. The minimum atomic E-state index is -1.71. The normalized spacial score (nSPS) is 27.2. The molecule has 0 saturated carbocycles. The Kier molecular flexibility index (Phi) is 3.80. The predicted octanol–water partition coefficient (Wildman–Crippen LogP) is 3.54. The van der Waals surface area contributed by atoms with Gasteiger partial charge in [-0.05, 0) is 30.6 Å². The molecule has 0 aliphatic heterocycles. The summed E-state index contributed by atoms with van der Waals surface area (Å²) in [5, 5.41) is 0.228. The molecule has 0 amide bonds. The first kappa shape index (κ1) is 13.7. The fourth-order valence-corrected chi connectivity index (χ4v) is 2.84. The highest BCUT2D eigenvalue weighted by atomic mass is 28.4. The van der Waals surface area contributed by atoms with Gasteiger partial charge in [0.25, 0.3) is 0 Å². The molecule has 0 aromatic carbocycles. The van der Waals surface area contributed by atoms with Gasteiger partial charge in [0.05, 0.1) is 6.10 Å². The zero-order valence-electron chi connectivity index (χ0n) is 11.3. The number of hydrogen-bond acceptors (Lipinski definition) is 2. The van der Waals surface area contributed by atoms with Crippen LogP contribution < -0.4 is 0 Å². The number of carbonyl (C=O) groups is 1. The van der Waals surface area contributed by atoms with Gasteiger partial charge in [-0.15, -0.1) is 0 Å². The average molecular weight is 240 g/mol. The van der Waals surface area contributed by atoms with Crippen LogP contribution in [0, 0.1) is 5.92 Å². The van der Waals surface area contributed by atoms with Crippen LogP contribution in [0.3, 0.4) is 0 Å². The van der Waals surface area contributed by atoms with E-state index in [4.69, 9.17) is 4.43 Å². The summed E-state index contributed by atoms with van der Waals surface area (Å²) in [6.45, 7) is 13.2. The second-order valence-corrected chi connectivity index (χ2v) is 11.1. The Bertz CT molecular complexity index is 300. The summed E-state index contributed by atoms with van der Waals surface area (Å²) < 4.78 is 6.26. The molecule has 16 heavy (non-hydrogen) atoms. The molecule has 1 aliphatic rings. The standard InChI is InChI=1S/C13H24O2Si/c1-10-9-11(7-8-12(10)14)15-16(5,6)13(2,3)4/h7-8,10-11H,9H2,1-6H3/t10?,11-/m1/s1.